The van der Waals surface area contributed by atoms with Crippen molar-refractivity contribution in [1.29, 1.82) is 0 Å². The van der Waals surface area contributed by atoms with E-state index in [1.165, 1.54) is 5.56 Å². The van der Waals surface area contributed by atoms with Crippen LogP contribution in [0.15, 0.2) is 36.4 Å². The van der Waals surface area contributed by atoms with Crippen LogP contribution in [0.3, 0.4) is 0 Å². The van der Waals surface area contributed by atoms with Crippen molar-refractivity contribution >= 4 is 5.65 Å². The topological polar surface area (TPSA) is 56.2 Å². The third-order valence-electron chi connectivity index (χ3n) is 3.38. The minimum atomic E-state index is 0.442. The number of nitrogens with two attached hydrogens (primary N) is 1. The monoisotopic (exact) mass is 252 g/mol. The van der Waals surface area contributed by atoms with Crippen LogP contribution in [0.5, 0.6) is 0 Å². The summed E-state index contributed by atoms with van der Waals surface area (Å²) in [6, 6.07) is 12.2. The molecule has 0 saturated heterocycles. The first-order valence-electron chi connectivity index (χ1n) is 6.32. The molecule has 96 valence electrons. The van der Waals surface area contributed by atoms with Gasteiger partial charge in [-0.25, -0.2) is 9.50 Å². The molecule has 0 fully saturated rings. The molecule has 4 nitrogen and oxygen atoms in total. The highest BCUT2D eigenvalue weighted by Gasteiger charge is 2.10. The smallest absolute Gasteiger partial charge is 0.154 e. The Kier molecular flexibility index (Phi) is 2.80. The van der Waals surface area contributed by atoms with E-state index in [9.17, 15) is 0 Å². The highest BCUT2D eigenvalue weighted by atomic mass is 15.3. The van der Waals surface area contributed by atoms with Gasteiger partial charge in [0.2, 0.25) is 0 Å². The van der Waals surface area contributed by atoms with Crippen molar-refractivity contribution in [2.24, 2.45) is 5.73 Å². The molecule has 1 aromatic carbocycles. The first-order valence-corrected chi connectivity index (χ1v) is 6.32. The van der Waals surface area contributed by atoms with Crippen molar-refractivity contribution in [1.82, 2.24) is 14.6 Å². The van der Waals surface area contributed by atoms with E-state index >= 15 is 0 Å². The van der Waals surface area contributed by atoms with Gasteiger partial charge in [0.05, 0.1) is 17.1 Å². The molecule has 0 spiro atoms. The lowest BCUT2D eigenvalue weighted by Crippen LogP contribution is -2.05. The summed E-state index contributed by atoms with van der Waals surface area (Å²) in [6.45, 7) is 4.49. The quantitative estimate of drug-likeness (QED) is 0.762. The molecule has 2 aromatic heterocycles. The zero-order chi connectivity index (χ0) is 13.4. The Morgan fingerprint density at radius 3 is 2.63 bits per heavy atom. The summed E-state index contributed by atoms with van der Waals surface area (Å²) in [6.07, 6.45) is 0. The average Bonchev–Trinajstić information content (AvgIpc) is 2.73. The van der Waals surface area contributed by atoms with Gasteiger partial charge in [0.15, 0.2) is 5.65 Å². The summed E-state index contributed by atoms with van der Waals surface area (Å²) < 4.78 is 1.84. The molecule has 0 atom stereocenters. The Bertz CT molecular complexity index is 743. The van der Waals surface area contributed by atoms with Crippen molar-refractivity contribution in [3.05, 3.63) is 53.3 Å². The maximum Gasteiger partial charge on any atom is 0.154 e. The van der Waals surface area contributed by atoms with Gasteiger partial charge in [-0.3, -0.25) is 0 Å². The lowest BCUT2D eigenvalue weighted by molar-refractivity contribution is 0.842. The van der Waals surface area contributed by atoms with Crippen LogP contribution < -0.4 is 5.73 Å². The first kappa shape index (κ1) is 11.9. The fraction of sp³-hybridized carbons (Fsp3) is 0.200. The number of imidazole rings is 1. The Morgan fingerprint density at radius 2 is 1.89 bits per heavy atom. The van der Waals surface area contributed by atoms with Crippen LogP contribution in [0.4, 0.5) is 0 Å². The highest BCUT2D eigenvalue weighted by molar-refractivity contribution is 5.64. The molecule has 0 aliphatic carbocycles. The third kappa shape index (κ3) is 1.90. The molecular weight excluding hydrogens is 236 g/mol. The van der Waals surface area contributed by atoms with Gasteiger partial charge < -0.3 is 5.73 Å². The number of hydrogen-bond donors (Lipinski definition) is 1. The standard InChI is InChI=1S/C15H16N4/c1-10-5-3-4-6-12(10)13-7-8-15-17-11(2)14(9-16)19(15)18-13/h3-8H,9,16H2,1-2H3. The molecule has 19 heavy (non-hydrogen) atoms. The van der Waals surface area contributed by atoms with Crippen LogP contribution >= 0.6 is 0 Å². The summed E-state index contributed by atoms with van der Waals surface area (Å²) in [5, 5.41) is 4.67. The van der Waals surface area contributed by atoms with E-state index in [4.69, 9.17) is 5.73 Å². The van der Waals surface area contributed by atoms with E-state index in [0.717, 1.165) is 28.3 Å². The number of aryl methyl sites for hydroxylation is 2. The number of nitrogens with zero attached hydrogens (tertiary/aromatic N) is 3. The summed E-state index contributed by atoms with van der Waals surface area (Å²) >= 11 is 0. The van der Waals surface area contributed by atoms with Gasteiger partial charge in [0.1, 0.15) is 0 Å². The van der Waals surface area contributed by atoms with Crippen LogP contribution in [0.1, 0.15) is 17.0 Å². The molecule has 0 aliphatic rings. The molecular formula is C15H16N4. The summed E-state index contributed by atoms with van der Waals surface area (Å²) in [4.78, 5) is 4.46. The number of rotatable bonds is 2. The Hall–Kier alpha value is -2.20. The Balaban J connectivity index is 2.24. The second kappa shape index (κ2) is 4.48. The summed E-state index contributed by atoms with van der Waals surface area (Å²) in [5.41, 5.74) is 11.8. The molecule has 0 saturated carbocycles. The zero-order valence-corrected chi connectivity index (χ0v) is 11.1. The third-order valence-corrected chi connectivity index (χ3v) is 3.38. The Labute approximate surface area is 111 Å². The Morgan fingerprint density at radius 1 is 1.11 bits per heavy atom. The molecule has 0 radical (unpaired) electrons. The van der Waals surface area contributed by atoms with Crippen LogP contribution in [0, 0.1) is 13.8 Å². The largest absolute Gasteiger partial charge is 0.325 e. The van der Waals surface area contributed by atoms with Crippen LogP contribution in [-0.2, 0) is 6.54 Å². The minimum Gasteiger partial charge on any atom is -0.325 e. The molecule has 2 heterocycles. The van der Waals surface area contributed by atoms with E-state index in [2.05, 4.69) is 29.1 Å². The number of benzene rings is 1. The van der Waals surface area contributed by atoms with Crippen molar-refractivity contribution in [2.45, 2.75) is 20.4 Å². The van der Waals surface area contributed by atoms with Gasteiger partial charge in [-0.15, -0.1) is 0 Å². The maximum absolute atomic E-state index is 5.78. The van der Waals surface area contributed by atoms with Crippen molar-refractivity contribution in [3.8, 4) is 11.3 Å². The van der Waals surface area contributed by atoms with Crippen molar-refractivity contribution < 1.29 is 0 Å². The highest BCUT2D eigenvalue weighted by Crippen LogP contribution is 2.22. The van der Waals surface area contributed by atoms with Gasteiger partial charge in [-0.05, 0) is 31.5 Å². The van der Waals surface area contributed by atoms with Gasteiger partial charge in [-0.1, -0.05) is 24.3 Å². The van der Waals surface area contributed by atoms with E-state index in [1.807, 2.05) is 35.7 Å². The van der Waals surface area contributed by atoms with Crippen LogP contribution in [-0.4, -0.2) is 14.6 Å². The first-order chi connectivity index (χ1) is 9.20. The van der Waals surface area contributed by atoms with Gasteiger partial charge in [0, 0.05) is 12.1 Å². The summed E-state index contributed by atoms with van der Waals surface area (Å²) in [5.74, 6) is 0. The molecule has 3 aromatic rings. The molecule has 0 unspecified atom stereocenters. The summed E-state index contributed by atoms with van der Waals surface area (Å²) in [7, 11) is 0. The zero-order valence-electron chi connectivity index (χ0n) is 11.1. The van der Waals surface area contributed by atoms with E-state index in [-0.39, 0.29) is 0 Å². The molecule has 4 heteroatoms. The van der Waals surface area contributed by atoms with Crippen molar-refractivity contribution in [2.75, 3.05) is 0 Å². The van der Waals surface area contributed by atoms with Crippen LogP contribution in [0.25, 0.3) is 16.9 Å². The minimum absolute atomic E-state index is 0.442. The maximum atomic E-state index is 5.78. The number of aromatic nitrogens is 3. The van der Waals surface area contributed by atoms with Crippen molar-refractivity contribution in [3.63, 3.8) is 0 Å². The van der Waals surface area contributed by atoms with Gasteiger partial charge in [0.25, 0.3) is 0 Å². The average molecular weight is 252 g/mol. The van der Waals surface area contributed by atoms with E-state index in [0.29, 0.717) is 6.54 Å². The molecule has 2 N–H and O–H groups in total. The second-order valence-electron chi connectivity index (χ2n) is 4.65. The van der Waals surface area contributed by atoms with E-state index < -0.39 is 0 Å². The number of hydrogen-bond acceptors (Lipinski definition) is 3. The fourth-order valence-electron chi connectivity index (χ4n) is 2.33. The van der Waals surface area contributed by atoms with Gasteiger partial charge in [-0.2, -0.15) is 5.10 Å². The van der Waals surface area contributed by atoms with E-state index in [1.54, 1.807) is 0 Å². The number of fused-ring (bicyclic) bond motifs is 1. The van der Waals surface area contributed by atoms with Gasteiger partial charge >= 0.3 is 0 Å². The SMILES string of the molecule is Cc1ccccc1-c1ccc2nc(C)c(CN)n2n1. The fourth-order valence-corrected chi connectivity index (χ4v) is 2.33. The molecule has 0 aliphatic heterocycles. The molecule has 0 bridgehead atoms. The lowest BCUT2D eigenvalue weighted by atomic mass is 10.1. The molecule has 0 amide bonds. The molecule has 3 rings (SSSR count). The lowest BCUT2D eigenvalue weighted by Gasteiger charge is -2.06. The van der Waals surface area contributed by atoms with Crippen LogP contribution in [0.2, 0.25) is 0 Å². The second-order valence-corrected chi connectivity index (χ2v) is 4.65. The predicted octanol–water partition coefficient (Wildman–Crippen LogP) is 2.47. The normalized spacial score (nSPS) is 11.1. The predicted molar refractivity (Wildman–Crippen MR) is 75.8 cm³/mol.